The standard InChI is InChI=1S/C26H32FN9O/c1-15-10-22(32-23-11-16(2)34-35-23)33-25(30-15)18-4-6-19(7-5-18)26(37)31-17(3)20-8-9-24(28-12-20)36-14-21(27)13-29-36/h4,8-10,12-14,16-17,19,23,34-35H,5-7,11H2,1-3H3,(H,31,37)(H,30,32,33)/t16?,17-,19?,23?/m0/s1. The lowest BCUT2D eigenvalue weighted by Gasteiger charge is -2.23. The maximum atomic E-state index is 13.2. The Kier molecular flexibility index (Phi) is 7.24. The molecule has 4 N–H and O–H groups in total. The molecule has 0 saturated carbocycles. The van der Waals surface area contributed by atoms with Crippen molar-refractivity contribution in [1.82, 2.24) is 40.9 Å². The fourth-order valence-electron chi connectivity index (χ4n) is 4.68. The summed E-state index contributed by atoms with van der Waals surface area (Å²) in [5.41, 5.74) is 9.28. The van der Waals surface area contributed by atoms with Crippen molar-refractivity contribution < 1.29 is 9.18 Å². The number of nitrogens with zero attached hydrogens (tertiary/aromatic N) is 5. The molecule has 0 bridgehead atoms. The van der Waals surface area contributed by atoms with E-state index in [1.807, 2.05) is 26.0 Å². The first kappa shape index (κ1) is 25.0. The van der Waals surface area contributed by atoms with Crippen LogP contribution >= 0.6 is 0 Å². The van der Waals surface area contributed by atoms with E-state index in [0.717, 1.165) is 53.9 Å². The highest BCUT2D eigenvalue weighted by Crippen LogP contribution is 2.30. The molecule has 3 aromatic rings. The third-order valence-electron chi connectivity index (χ3n) is 6.75. The predicted molar refractivity (Wildman–Crippen MR) is 138 cm³/mol. The number of hydrogen-bond acceptors (Lipinski definition) is 8. The van der Waals surface area contributed by atoms with Gasteiger partial charge in [0.1, 0.15) is 5.82 Å². The molecular weight excluding hydrogens is 473 g/mol. The first-order valence-electron chi connectivity index (χ1n) is 12.6. The monoisotopic (exact) mass is 505 g/mol. The van der Waals surface area contributed by atoms with Crippen molar-refractivity contribution in [2.75, 3.05) is 5.32 Å². The van der Waals surface area contributed by atoms with Crippen LogP contribution in [0.3, 0.4) is 0 Å². The number of allylic oxidation sites excluding steroid dienone is 2. The molecule has 0 aromatic carbocycles. The predicted octanol–water partition coefficient (Wildman–Crippen LogP) is 3.19. The normalized spacial score (nSPS) is 22.4. The number of hydrazine groups is 1. The first-order valence-corrected chi connectivity index (χ1v) is 12.6. The number of aromatic nitrogens is 5. The van der Waals surface area contributed by atoms with Crippen molar-refractivity contribution >= 4 is 17.3 Å². The molecule has 194 valence electrons. The largest absolute Gasteiger partial charge is 0.353 e. The molecule has 4 heterocycles. The van der Waals surface area contributed by atoms with Crippen LogP contribution in [0.4, 0.5) is 10.2 Å². The van der Waals surface area contributed by atoms with Gasteiger partial charge in [-0.05, 0) is 63.7 Å². The lowest BCUT2D eigenvalue weighted by Crippen LogP contribution is -2.36. The lowest BCUT2D eigenvalue weighted by molar-refractivity contribution is -0.125. The molecule has 4 atom stereocenters. The van der Waals surface area contributed by atoms with Crippen LogP contribution in [0, 0.1) is 18.7 Å². The maximum Gasteiger partial charge on any atom is 0.223 e. The molecule has 1 aliphatic carbocycles. The molecule has 5 rings (SSSR count). The number of rotatable bonds is 7. The van der Waals surface area contributed by atoms with Crippen LogP contribution in [0.25, 0.3) is 11.4 Å². The summed E-state index contributed by atoms with van der Waals surface area (Å²) in [6, 6.07) is 5.76. The van der Waals surface area contributed by atoms with Gasteiger partial charge in [0, 0.05) is 29.9 Å². The van der Waals surface area contributed by atoms with E-state index in [2.05, 4.69) is 49.6 Å². The smallest absolute Gasteiger partial charge is 0.223 e. The van der Waals surface area contributed by atoms with Crippen molar-refractivity contribution in [2.24, 2.45) is 5.92 Å². The van der Waals surface area contributed by atoms with E-state index in [9.17, 15) is 9.18 Å². The van der Waals surface area contributed by atoms with E-state index in [1.165, 1.54) is 10.9 Å². The highest BCUT2D eigenvalue weighted by molar-refractivity contribution is 5.80. The van der Waals surface area contributed by atoms with E-state index in [1.54, 1.807) is 12.3 Å². The van der Waals surface area contributed by atoms with Crippen molar-refractivity contribution in [3.05, 3.63) is 65.8 Å². The number of anilines is 1. The molecule has 3 aromatic heterocycles. The first-order chi connectivity index (χ1) is 17.8. The van der Waals surface area contributed by atoms with E-state index >= 15 is 0 Å². The Bertz CT molecular complexity index is 1290. The summed E-state index contributed by atoms with van der Waals surface area (Å²) in [5, 5.41) is 10.4. The van der Waals surface area contributed by atoms with Crippen LogP contribution < -0.4 is 21.5 Å². The minimum Gasteiger partial charge on any atom is -0.353 e. The van der Waals surface area contributed by atoms with Crippen molar-refractivity contribution in [3.63, 3.8) is 0 Å². The van der Waals surface area contributed by atoms with Crippen LogP contribution in [-0.2, 0) is 4.79 Å². The third kappa shape index (κ3) is 6.00. The van der Waals surface area contributed by atoms with Gasteiger partial charge >= 0.3 is 0 Å². The molecule has 1 saturated heterocycles. The van der Waals surface area contributed by atoms with Gasteiger partial charge in [-0.15, -0.1) is 0 Å². The molecule has 10 nitrogen and oxygen atoms in total. The van der Waals surface area contributed by atoms with Gasteiger partial charge in [0.15, 0.2) is 17.5 Å². The Balaban J connectivity index is 1.18. The van der Waals surface area contributed by atoms with Crippen molar-refractivity contribution in [2.45, 2.75) is 64.7 Å². The summed E-state index contributed by atoms with van der Waals surface area (Å²) in [6.45, 7) is 6.02. The minimum atomic E-state index is -0.421. The number of amides is 1. The van der Waals surface area contributed by atoms with E-state index in [-0.39, 0.29) is 24.0 Å². The van der Waals surface area contributed by atoms with Gasteiger partial charge in [-0.2, -0.15) is 5.10 Å². The fourth-order valence-corrected chi connectivity index (χ4v) is 4.68. The van der Waals surface area contributed by atoms with Crippen LogP contribution in [0.15, 0.2) is 42.9 Å². The Labute approximate surface area is 215 Å². The zero-order valence-electron chi connectivity index (χ0n) is 21.2. The Hall–Kier alpha value is -3.70. The number of hydrogen-bond donors (Lipinski definition) is 4. The average Bonchev–Trinajstić information content (AvgIpc) is 3.51. The maximum absolute atomic E-state index is 13.2. The van der Waals surface area contributed by atoms with Gasteiger partial charge in [0.05, 0.1) is 24.6 Å². The van der Waals surface area contributed by atoms with Gasteiger partial charge in [0.2, 0.25) is 5.91 Å². The molecule has 0 spiro atoms. The van der Waals surface area contributed by atoms with Gasteiger partial charge in [0.25, 0.3) is 0 Å². The van der Waals surface area contributed by atoms with Crippen molar-refractivity contribution in [3.8, 4) is 5.82 Å². The lowest BCUT2D eigenvalue weighted by atomic mass is 9.88. The number of pyridine rings is 1. The second kappa shape index (κ2) is 10.7. The number of carbonyl (C=O) groups excluding carboxylic acids is 1. The summed E-state index contributed by atoms with van der Waals surface area (Å²) < 4.78 is 14.6. The second-order valence-electron chi connectivity index (χ2n) is 9.82. The van der Waals surface area contributed by atoms with Crippen LogP contribution in [0.1, 0.15) is 62.7 Å². The number of carbonyl (C=O) groups is 1. The molecular formula is C26H32FN9O. The zero-order chi connectivity index (χ0) is 25.9. The van der Waals surface area contributed by atoms with Gasteiger partial charge in [-0.3, -0.25) is 10.2 Å². The van der Waals surface area contributed by atoms with Gasteiger partial charge in [-0.25, -0.2) is 29.4 Å². The van der Waals surface area contributed by atoms with Crippen LogP contribution in [0.5, 0.6) is 0 Å². The molecule has 1 aliphatic heterocycles. The number of nitrogens with one attached hydrogen (secondary N) is 4. The highest BCUT2D eigenvalue weighted by Gasteiger charge is 2.25. The minimum absolute atomic E-state index is 0.0162. The van der Waals surface area contributed by atoms with Gasteiger partial charge in [-0.1, -0.05) is 12.1 Å². The molecule has 1 fully saturated rings. The number of aryl methyl sites for hydroxylation is 1. The zero-order valence-corrected chi connectivity index (χ0v) is 21.2. The molecule has 37 heavy (non-hydrogen) atoms. The Morgan fingerprint density at radius 1 is 1.24 bits per heavy atom. The molecule has 11 heteroatoms. The second-order valence-corrected chi connectivity index (χ2v) is 9.82. The Morgan fingerprint density at radius 2 is 2.11 bits per heavy atom. The summed E-state index contributed by atoms with van der Waals surface area (Å²) in [7, 11) is 0. The Morgan fingerprint density at radius 3 is 2.76 bits per heavy atom. The summed E-state index contributed by atoms with van der Waals surface area (Å²) >= 11 is 0. The highest BCUT2D eigenvalue weighted by atomic mass is 19.1. The van der Waals surface area contributed by atoms with E-state index in [4.69, 9.17) is 4.98 Å². The summed E-state index contributed by atoms with van der Waals surface area (Å²) in [4.78, 5) is 26.7. The van der Waals surface area contributed by atoms with Gasteiger partial charge < -0.3 is 10.6 Å². The molecule has 2 aliphatic rings. The molecule has 3 unspecified atom stereocenters. The third-order valence-corrected chi connectivity index (χ3v) is 6.75. The SMILES string of the molecule is Cc1cc(NC2CC(C)NN2)nc(C2=CCC(C(=O)N[C@@H](C)c3ccc(-n4cc(F)cn4)nc3)CC2)n1. The molecule has 0 radical (unpaired) electrons. The van der Waals surface area contributed by atoms with Crippen LogP contribution in [-0.4, -0.2) is 42.8 Å². The topological polar surface area (TPSA) is 122 Å². The van der Waals surface area contributed by atoms with E-state index < -0.39 is 5.82 Å². The van der Waals surface area contributed by atoms with Crippen LogP contribution in [0.2, 0.25) is 0 Å². The fraction of sp³-hybridized carbons (Fsp3) is 0.423. The quantitative estimate of drug-likeness (QED) is 0.386. The molecule has 1 amide bonds. The summed E-state index contributed by atoms with van der Waals surface area (Å²) in [6.07, 6.45) is 9.36. The van der Waals surface area contributed by atoms with Crippen molar-refractivity contribution in [1.29, 1.82) is 0 Å². The average molecular weight is 506 g/mol. The summed E-state index contributed by atoms with van der Waals surface area (Å²) in [5.74, 6) is 1.51. The number of halogens is 1. The van der Waals surface area contributed by atoms with E-state index in [0.29, 0.717) is 18.3 Å².